The van der Waals surface area contributed by atoms with Crippen LogP contribution in [-0.4, -0.2) is 22.2 Å². The molecule has 0 aliphatic rings. The molecule has 0 spiro atoms. The first-order valence-corrected chi connectivity index (χ1v) is 6.41. The molecule has 2 aromatic rings. The molecule has 0 saturated carbocycles. The largest absolute Gasteiger partial charge is 0.478 e. The number of hydrogen-bond acceptors (Lipinski definition) is 5. The Morgan fingerprint density at radius 3 is 2.55 bits per heavy atom. The van der Waals surface area contributed by atoms with Crippen molar-refractivity contribution in [2.45, 2.75) is 0 Å². The van der Waals surface area contributed by atoms with Crippen LogP contribution in [0.2, 0.25) is 5.02 Å². The maximum Gasteiger partial charge on any atom is 0.335 e. The van der Waals surface area contributed by atoms with Gasteiger partial charge >= 0.3 is 5.97 Å². The Balaban J connectivity index is 2.10. The lowest BCUT2D eigenvalue weighted by Crippen LogP contribution is -1.97. The molecular weight excluding hydrogens is 310 g/mol. The maximum absolute atomic E-state index is 10.7. The minimum absolute atomic E-state index is 0.0864. The van der Waals surface area contributed by atoms with E-state index in [0.29, 0.717) is 16.3 Å². The predicted molar refractivity (Wildman–Crippen MR) is 82.7 cm³/mol. The van der Waals surface area contributed by atoms with Crippen molar-refractivity contribution in [1.82, 2.24) is 0 Å². The molecule has 2 N–H and O–H groups in total. The highest BCUT2D eigenvalue weighted by Gasteiger charge is 2.08. The number of carbonyl (C=O) groups is 1. The summed E-state index contributed by atoms with van der Waals surface area (Å²) < 4.78 is 0. The van der Waals surface area contributed by atoms with Gasteiger partial charge in [0.2, 0.25) is 0 Å². The second kappa shape index (κ2) is 6.68. The molecule has 0 aliphatic carbocycles. The highest BCUT2D eigenvalue weighted by molar-refractivity contribution is 6.33. The van der Waals surface area contributed by atoms with Crippen LogP contribution < -0.4 is 5.43 Å². The van der Waals surface area contributed by atoms with Crippen LogP contribution in [0.4, 0.5) is 11.4 Å². The first-order chi connectivity index (χ1) is 10.5. The molecule has 0 heterocycles. The van der Waals surface area contributed by atoms with E-state index in [-0.39, 0.29) is 11.3 Å². The fraction of sp³-hybridized carbons (Fsp3) is 0. The summed E-state index contributed by atoms with van der Waals surface area (Å²) in [7, 11) is 0. The van der Waals surface area contributed by atoms with Gasteiger partial charge in [-0.2, -0.15) is 5.10 Å². The number of nitro groups is 1. The molecule has 7 nitrogen and oxygen atoms in total. The summed E-state index contributed by atoms with van der Waals surface area (Å²) in [5.41, 5.74) is 3.73. The lowest BCUT2D eigenvalue weighted by Gasteiger charge is -2.01. The number of anilines is 1. The molecule has 0 aromatic heterocycles. The number of benzene rings is 2. The number of hydrazone groups is 1. The van der Waals surface area contributed by atoms with Gasteiger partial charge in [-0.25, -0.2) is 4.79 Å². The van der Waals surface area contributed by atoms with Crippen molar-refractivity contribution in [1.29, 1.82) is 0 Å². The molecule has 0 unspecified atom stereocenters. The van der Waals surface area contributed by atoms with Gasteiger partial charge in [0.15, 0.2) is 0 Å². The van der Waals surface area contributed by atoms with Crippen molar-refractivity contribution >= 4 is 35.2 Å². The Labute approximate surface area is 130 Å². The first-order valence-electron chi connectivity index (χ1n) is 6.04. The number of nitrogens with zero attached hydrogens (tertiary/aromatic N) is 2. The van der Waals surface area contributed by atoms with Crippen LogP contribution in [0.5, 0.6) is 0 Å². The van der Waals surface area contributed by atoms with Gasteiger partial charge in [0.1, 0.15) is 0 Å². The Morgan fingerprint density at radius 2 is 1.95 bits per heavy atom. The highest BCUT2D eigenvalue weighted by Crippen LogP contribution is 2.20. The average molecular weight is 320 g/mol. The van der Waals surface area contributed by atoms with Crippen LogP contribution in [0.3, 0.4) is 0 Å². The summed E-state index contributed by atoms with van der Waals surface area (Å²) in [6, 6.07) is 9.99. The van der Waals surface area contributed by atoms with Crippen molar-refractivity contribution < 1.29 is 14.8 Å². The normalized spacial score (nSPS) is 10.6. The van der Waals surface area contributed by atoms with E-state index in [1.807, 2.05) is 0 Å². The topological polar surface area (TPSA) is 105 Å². The number of aromatic carboxylic acids is 1. The molecule has 2 aromatic carbocycles. The Hall–Kier alpha value is -2.93. The van der Waals surface area contributed by atoms with Crippen molar-refractivity contribution in [3.63, 3.8) is 0 Å². The number of hydrogen-bond donors (Lipinski definition) is 2. The van der Waals surface area contributed by atoms with E-state index in [1.54, 1.807) is 12.1 Å². The Kier molecular flexibility index (Phi) is 4.70. The standard InChI is InChI=1S/C14H10ClN3O4/c15-13-6-5-12(18(21)22)7-10(13)8-16-17-11-3-1-9(2-4-11)14(19)20/h1-8,17H,(H,19,20)/b16-8+. The van der Waals surface area contributed by atoms with Gasteiger partial charge in [0.25, 0.3) is 5.69 Å². The van der Waals surface area contributed by atoms with Crippen LogP contribution in [0.25, 0.3) is 0 Å². The molecule has 22 heavy (non-hydrogen) atoms. The van der Waals surface area contributed by atoms with Crippen LogP contribution in [0.1, 0.15) is 15.9 Å². The Bertz CT molecular complexity index is 744. The monoisotopic (exact) mass is 319 g/mol. The zero-order valence-corrected chi connectivity index (χ0v) is 11.8. The minimum atomic E-state index is -1.02. The summed E-state index contributed by atoms with van der Waals surface area (Å²) in [6.45, 7) is 0. The first kappa shape index (κ1) is 15.5. The van der Waals surface area contributed by atoms with E-state index >= 15 is 0 Å². The molecule has 0 radical (unpaired) electrons. The fourth-order valence-electron chi connectivity index (χ4n) is 1.61. The quantitative estimate of drug-likeness (QED) is 0.499. The number of nitro benzene ring substituents is 1. The number of carboxylic acids is 1. The van der Waals surface area contributed by atoms with Crippen LogP contribution in [-0.2, 0) is 0 Å². The lowest BCUT2D eigenvalue weighted by atomic mass is 10.2. The average Bonchev–Trinajstić information content (AvgIpc) is 2.49. The fourth-order valence-corrected chi connectivity index (χ4v) is 1.77. The van der Waals surface area contributed by atoms with E-state index < -0.39 is 10.9 Å². The zero-order chi connectivity index (χ0) is 16.1. The molecule has 0 atom stereocenters. The van der Waals surface area contributed by atoms with E-state index in [2.05, 4.69) is 10.5 Å². The summed E-state index contributed by atoms with van der Waals surface area (Å²) in [5, 5.41) is 23.7. The maximum atomic E-state index is 10.7. The van der Waals surface area contributed by atoms with Crippen LogP contribution >= 0.6 is 11.6 Å². The van der Waals surface area contributed by atoms with Gasteiger partial charge < -0.3 is 5.11 Å². The van der Waals surface area contributed by atoms with Crippen LogP contribution in [0.15, 0.2) is 47.6 Å². The summed E-state index contributed by atoms with van der Waals surface area (Å²) in [5.74, 6) is -1.02. The van der Waals surface area contributed by atoms with Crippen molar-refractivity contribution in [2.24, 2.45) is 5.10 Å². The molecule has 112 valence electrons. The third kappa shape index (κ3) is 3.80. The second-order valence-corrected chi connectivity index (χ2v) is 4.62. The van der Waals surface area contributed by atoms with Crippen molar-refractivity contribution in [2.75, 3.05) is 5.43 Å². The summed E-state index contributed by atoms with van der Waals surface area (Å²) in [4.78, 5) is 20.9. The van der Waals surface area contributed by atoms with Gasteiger partial charge in [-0.05, 0) is 30.3 Å². The highest BCUT2D eigenvalue weighted by atomic mass is 35.5. The van der Waals surface area contributed by atoms with Gasteiger partial charge in [-0.15, -0.1) is 0 Å². The second-order valence-electron chi connectivity index (χ2n) is 4.22. The Morgan fingerprint density at radius 1 is 1.27 bits per heavy atom. The zero-order valence-electron chi connectivity index (χ0n) is 11.1. The van der Waals surface area contributed by atoms with Crippen LogP contribution in [0, 0.1) is 10.1 Å². The number of halogens is 1. The third-order valence-corrected chi connectivity index (χ3v) is 3.06. The molecule has 0 aliphatic heterocycles. The molecule has 0 fully saturated rings. The van der Waals surface area contributed by atoms with Gasteiger partial charge in [0, 0.05) is 22.7 Å². The van der Waals surface area contributed by atoms with Gasteiger partial charge in [0.05, 0.1) is 22.4 Å². The van der Waals surface area contributed by atoms with Gasteiger partial charge in [-0.1, -0.05) is 11.6 Å². The molecular formula is C14H10ClN3O4. The molecule has 0 saturated heterocycles. The SMILES string of the molecule is O=C(O)c1ccc(N/N=C/c2cc([N+](=O)[O-])ccc2Cl)cc1. The third-order valence-electron chi connectivity index (χ3n) is 2.72. The minimum Gasteiger partial charge on any atom is -0.478 e. The number of carboxylic acid groups (broad SMARTS) is 1. The van der Waals surface area contributed by atoms with Crippen molar-refractivity contribution in [3.05, 3.63) is 68.7 Å². The molecule has 8 heteroatoms. The number of nitrogens with one attached hydrogen (secondary N) is 1. The smallest absolute Gasteiger partial charge is 0.335 e. The molecule has 0 bridgehead atoms. The van der Waals surface area contributed by atoms with E-state index in [9.17, 15) is 14.9 Å². The van der Waals surface area contributed by atoms with Gasteiger partial charge in [-0.3, -0.25) is 15.5 Å². The van der Waals surface area contributed by atoms with E-state index in [0.717, 1.165) is 0 Å². The molecule has 2 rings (SSSR count). The predicted octanol–water partition coefficient (Wildman–Crippen LogP) is 3.39. The van der Waals surface area contributed by atoms with E-state index in [1.165, 1.54) is 36.5 Å². The summed E-state index contributed by atoms with van der Waals surface area (Å²) >= 11 is 5.93. The number of non-ortho nitro benzene ring substituents is 1. The number of rotatable bonds is 5. The van der Waals surface area contributed by atoms with E-state index in [4.69, 9.17) is 16.7 Å². The van der Waals surface area contributed by atoms with Crippen molar-refractivity contribution in [3.8, 4) is 0 Å². The molecule has 0 amide bonds. The lowest BCUT2D eigenvalue weighted by molar-refractivity contribution is -0.384. The summed E-state index contributed by atoms with van der Waals surface area (Å²) in [6.07, 6.45) is 1.35.